The quantitative estimate of drug-likeness (QED) is 0.859. The molecule has 2 rings (SSSR count). The van der Waals surface area contributed by atoms with Gasteiger partial charge in [0.1, 0.15) is 0 Å². The highest BCUT2D eigenvalue weighted by molar-refractivity contribution is 5.97. The van der Waals surface area contributed by atoms with Gasteiger partial charge in [0, 0.05) is 6.04 Å². The lowest BCUT2D eigenvalue weighted by Gasteiger charge is -2.06. The highest BCUT2D eigenvalue weighted by Gasteiger charge is 2.20. The van der Waals surface area contributed by atoms with Gasteiger partial charge < -0.3 is 14.2 Å². The van der Waals surface area contributed by atoms with Gasteiger partial charge in [-0.2, -0.15) is 0 Å². The lowest BCUT2D eigenvalue weighted by Crippen LogP contribution is -2.30. The van der Waals surface area contributed by atoms with Crippen LogP contribution in [-0.2, 0) is 0 Å². The van der Waals surface area contributed by atoms with Gasteiger partial charge in [-0.15, -0.1) is 0 Å². The minimum absolute atomic E-state index is 0.0497. The second kappa shape index (κ2) is 4.22. The van der Waals surface area contributed by atoms with Crippen LogP contribution >= 0.6 is 0 Å². The van der Waals surface area contributed by atoms with Crippen molar-refractivity contribution in [3.8, 4) is 11.5 Å². The van der Waals surface area contributed by atoms with E-state index in [2.05, 4.69) is 10.3 Å². The number of oxazole rings is 1. The summed E-state index contributed by atoms with van der Waals surface area (Å²) in [6.45, 7) is 3.76. The van der Waals surface area contributed by atoms with Gasteiger partial charge in [-0.05, 0) is 26.0 Å². The average molecular weight is 220 g/mol. The fourth-order valence-corrected chi connectivity index (χ4v) is 1.32. The van der Waals surface area contributed by atoms with Crippen molar-refractivity contribution in [2.45, 2.75) is 19.9 Å². The summed E-state index contributed by atoms with van der Waals surface area (Å²) in [4.78, 5) is 15.6. The van der Waals surface area contributed by atoms with Crippen LogP contribution in [0.5, 0.6) is 0 Å². The van der Waals surface area contributed by atoms with Crippen LogP contribution in [0, 0.1) is 0 Å². The molecule has 0 saturated heterocycles. The van der Waals surface area contributed by atoms with Crippen LogP contribution < -0.4 is 5.32 Å². The first-order valence-corrected chi connectivity index (χ1v) is 4.96. The lowest BCUT2D eigenvalue weighted by molar-refractivity contribution is 0.0938. The third-order valence-electron chi connectivity index (χ3n) is 1.95. The number of aromatic nitrogens is 1. The molecule has 0 aromatic carbocycles. The first-order chi connectivity index (χ1) is 7.68. The molecule has 0 radical (unpaired) electrons. The largest absolute Gasteiger partial charge is 0.461 e. The summed E-state index contributed by atoms with van der Waals surface area (Å²) in [7, 11) is 0. The number of hydrogen-bond donors (Lipinski definition) is 1. The molecule has 0 saturated carbocycles. The van der Waals surface area contributed by atoms with Crippen molar-refractivity contribution in [1.82, 2.24) is 10.3 Å². The Labute approximate surface area is 92.5 Å². The zero-order valence-corrected chi connectivity index (χ0v) is 9.06. The first-order valence-electron chi connectivity index (χ1n) is 4.96. The van der Waals surface area contributed by atoms with Crippen molar-refractivity contribution in [3.05, 3.63) is 30.5 Å². The topological polar surface area (TPSA) is 68.3 Å². The van der Waals surface area contributed by atoms with Gasteiger partial charge in [0.25, 0.3) is 5.91 Å². The molecule has 0 aliphatic heterocycles. The molecule has 5 heteroatoms. The normalized spacial score (nSPS) is 10.7. The minimum atomic E-state index is -0.268. The maximum absolute atomic E-state index is 11.8. The summed E-state index contributed by atoms with van der Waals surface area (Å²) >= 11 is 0. The van der Waals surface area contributed by atoms with Gasteiger partial charge in [-0.3, -0.25) is 4.79 Å². The number of furan rings is 1. The van der Waals surface area contributed by atoms with Crippen molar-refractivity contribution in [3.63, 3.8) is 0 Å². The van der Waals surface area contributed by atoms with Crippen molar-refractivity contribution >= 4 is 5.91 Å². The minimum Gasteiger partial charge on any atom is -0.461 e. The molecule has 0 atom stereocenters. The van der Waals surface area contributed by atoms with E-state index in [1.54, 1.807) is 12.1 Å². The monoisotopic (exact) mass is 220 g/mol. The average Bonchev–Trinajstić information content (AvgIpc) is 2.87. The van der Waals surface area contributed by atoms with Crippen LogP contribution in [0.1, 0.15) is 24.3 Å². The molecule has 0 spiro atoms. The molecule has 2 aromatic rings. The van der Waals surface area contributed by atoms with E-state index in [1.165, 1.54) is 12.7 Å². The van der Waals surface area contributed by atoms with E-state index in [9.17, 15) is 4.79 Å². The zero-order valence-electron chi connectivity index (χ0n) is 9.06. The van der Waals surface area contributed by atoms with E-state index < -0.39 is 0 Å². The molecule has 2 heterocycles. The molecular formula is C11H12N2O3. The molecule has 0 fully saturated rings. The third-order valence-corrected chi connectivity index (χ3v) is 1.95. The Morgan fingerprint density at radius 2 is 2.25 bits per heavy atom. The SMILES string of the molecule is CC(C)NC(=O)c1ncoc1-c1ccco1. The van der Waals surface area contributed by atoms with Crippen LogP contribution in [0.2, 0.25) is 0 Å². The molecule has 0 unspecified atom stereocenters. The van der Waals surface area contributed by atoms with Crippen molar-refractivity contribution in [2.24, 2.45) is 0 Å². The van der Waals surface area contributed by atoms with Crippen LogP contribution in [0.25, 0.3) is 11.5 Å². The molecule has 84 valence electrons. The smallest absolute Gasteiger partial charge is 0.274 e. The Bertz CT molecular complexity index is 471. The number of carbonyl (C=O) groups is 1. The van der Waals surface area contributed by atoms with Crippen molar-refractivity contribution in [1.29, 1.82) is 0 Å². The predicted octanol–water partition coefficient (Wildman–Crippen LogP) is 2.07. The van der Waals surface area contributed by atoms with Crippen LogP contribution in [-0.4, -0.2) is 16.9 Å². The Morgan fingerprint density at radius 1 is 1.44 bits per heavy atom. The second-order valence-corrected chi connectivity index (χ2v) is 3.64. The van der Waals surface area contributed by atoms with E-state index in [4.69, 9.17) is 8.83 Å². The van der Waals surface area contributed by atoms with Gasteiger partial charge in [0.05, 0.1) is 6.26 Å². The van der Waals surface area contributed by atoms with Crippen LogP contribution in [0.3, 0.4) is 0 Å². The van der Waals surface area contributed by atoms with E-state index in [-0.39, 0.29) is 17.6 Å². The maximum Gasteiger partial charge on any atom is 0.274 e. The number of amides is 1. The van der Waals surface area contributed by atoms with Gasteiger partial charge in [-0.1, -0.05) is 0 Å². The van der Waals surface area contributed by atoms with E-state index >= 15 is 0 Å². The summed E-state index contributed by atoms with van der Waals surface area (Å²) in [6, 6.07) is 3.49. The second-order valence-electron chi connectivity index (χ2n) is 3.64. The molecule has 5 nitrogen and oxygen atoms in total. The van der Waals surface area contributed by atoms with E-state index in [0.717, 1.165) is 0 Å². The van der Waals surface area contributed by atoms with Gasteiger partial charge >= 0.3 is 0 Å². The first kappa shape index (κ1) is 10.5. The fourth-order valence-electron chi connectivity index (χ4n) is 1.32. The number of carbonyl (C=O) groups excluding carboxylic acids is 1. The van der Waals surface area contributed by atoms with Gasteiger partial charge in [0.2, 0.25) is 5.76 Å². The molecule has 0 aliphatic rings. The standard InChI is InChI=1S/C11H12N2O3/c1-7(2)13-11(14)9-10(16-6-12-9)8-4-3-5-15-8/h3-7H,1-2H3,(H,13,14). The molecular weight excluding hydrogens is 208 g/mol. The number of nitrogens with one attached hydrogen (secondary N) is 1. The van der Waals surface area contributed by atoms with E-state index in [1.807, 2.05) is 13.8 Å². The van der Waals surface area contributed by atoms with Crippen molar-refractivity contribution in [2.75, 3.05) is 0 Å². The van der Waals surface area contributed by atoms with E-state index in [0.29, 0.717) is 11.5 Å². The Morgan fingerprint density at radius 3 is 2.88 bits per heavy atom. The van der Waals surface area contributed by atoms with Crippen LogP contribution in [0.4, 0.5) is 0 Å². The molecule has 16 heavy (non-hydrogen) atoms. The molecule has 0 aliphatic carbocycles. The Hall–Kier alpha value is -2.04. The summed E-state index contributed by atoms with van der Waals surface area (Å²) in [6.07, 6.45) is 2.75. The van der Waals surface area contributed by atoms with Crippen molar-refractivity contribution < 1.29 is 13.6 Å². The number of nitrogens with zero attached hydrogens (tertiary/aromatic N) is 1. The molecule has 1 amide bonds. The Balaban J connectivity index is 2.29. The zero-order chi connectivity index (χ0) is 11.5. The lowest BCUT2D eigenvalue weighted by atomic mass is 10.2. The third kappa shape index (κ3) is 1.98. The fraction of sp³-hybridized carbons (Fsp3) is 0.273. The highest BCUT2D eigenvalue weighted by Crippen LogP contribution is 2.23. The summed E-state index contributed by atoms with van der Waals surface area (Å²) in [5, 5.41) is 2.74. The summed E-state index contributed by atoms with van der Waals surface area (Å²) in [5.74, 6) is 0.574. The maximum atomic E-state index is 11.8. The Kier molecular flexibility index (Phi) is 2.76. The number of rotatable bonds is 3. The number of hydrogen-bond acceptors (Lipinski definition) is 4. The van der Waals surface area contributed by atoms with Gasteiger partial charge in [0.15, 0.2) is 17.8 Å². The molecule has 2 aromatic heterocycles. The molecule has 0 bridgehead atoms. The van der Waals surface area contributed by atoms with Crippen LogP contribution in [0.15, 0.2) is 33.6 Å². The van der Waals surface area contributed by atoms with Gasteiger partial charge in [-0.25, -0.2) is 4.98 Å². The highest BCUT2D eigenvalue weighted by atomic mass is 16.4. The predicted molar refractivity (Wildman–Crippen MR) is 56.8 cm³/mol. The molecule has 1 N–H and O–H groups in total. The summed E-state index contributed by atoms with van der Waals surface area (Å²) in [5.41, 5.74) is 0.239. The summed E-state index contributed by atoms with van der Waals surface area (Å²) < 4.78 is 10.3.